The number of amides is 1. The quantitative estimate of drug-likeness (QED) is 0.544. The number of aromatic nitrogens is 3. The van der Waals surface area contributed by atoms with Crippen molar-refractivity contribution >= 4 is 34.2 Å². The van der Waals surface area contributed by atoms with E-state index in [2.05, 4.69) is 15.3 Å². The number of nitrogens with zero attached hydrogens (tertiary/aromatic N) is 2. The first-order valence-electron chi connectivity index (χ1n) is 8.75. The van der Waals surface area contributed by atoms with Gasteiger partial charge in [0.2, 0.25) is 0 Å². The molecular formula is C21H15ClN4O3. The number of aromatic amines is 1. The Kier molecular flexibility index (Phi) is 4.97. The fourth-order valence-electron chi connectivity index (χ4n) is 3.11. The predicted molar refractivity (Wildman–Crippen MR) is 111 cm³/mol. The molecule has 29 heavy (non-hydrogen) atoms. The maximum absolute atomic E-state index is 13.1. The topological polar surface area (TPSA) is 96.8 Å². The van der Waals surface area contributed by atoms with Crippen molar-refractivity contribution in [1.82, 2.24) is 14.5 Å². The lowest BCUT2D eigenvalue weighted by molar-refractivity contribution is -0.118. The van der Waals surface area contributed by atoms with Gasteiger partial charge in [-0.2, -0.15) is 0 Å². The van der Waals surface area contributed by atoms with E-state index in [1.165, 1.54) is 12.3 Å². The number of carbonyl (C=O) groups excluding carboxylic acids is 1. The van der Waals surface area contributed by atoms with Gasteiger partial charge in [0.25, 0.3) is 11.5 Å². The highest BCUT2D eigenvalue weighted by Crippen LogP contribution is 2.19. The van der Waals surface area contributed by atoms with Crippen LogP contribution in [0.1, 0.15) is 11.6 Å². The zero-order valence-electron chi connectivity index (χ0n) is 15.0. The lowest BCUT2D eigenvalue weighted by Gasteiger charge is -2.19. The second kappa shape index (κ2) is 7.73. The van der Waals surface area contributed by atoms with Crippen LogP contribution in [0.5, 0.6) is 0 Å². The van der Waals surface area contributed by atoms with Crippen LogP contribution in [0.2, 0.25) is 5.02 Å². The molecule has 0 radical (unpaired) electrons. The van der Waals surface area contributed by atoms with Crippen LogP contribution < -0.4 is 16.6 Å². The third kappa shape index (κ3) is 3.68. The van der Waals surface area contributed by atoms with E-state index in [1.807, 2.05) is 0 Å². The molecule has 7 nitrogen and oxygen atoms in total. The highest BCUT2D eigenvalue weighted by molar-refractivity contribution is 6.30. The minimum absolute atomic E-state index is 0.255. The number of fused-ring (bicyclic) bond motifs is 1. The third-order valence-corrected chi connectivity index (χ3v) is 4.66. The van der Waals surface area contributed by atoms with Crippen molar-refractivity contribution in [3.63, 3.8) is 0 Å². The number of pyridine rings is 1. The number of carbonyl (C=O) groups is 1. The van der Waals surface area contributed by atoms with Crippen LogP contribution in [0, 0.1) is 0 Å². The van der Waals surface area contributed by atoms with Crippen molar-refractivity contribution in [2.75, 3.05) is 5.32 Å². The lowest BCUT2D eigenvalue weighted by Crippen LogP contribution is -2.43. The van der Waals surface area contributed by atoms with Crippen LogP contribution in [-0.4, -0.2) is 20.4 Å². The van der Waals surface area contributed by atoms with Gasteiger partial charge in [-0.05, 0) is 29.8 Å². The van der Waals surface area contributed by atoms with Gasteiger partial charge in [0, 0.05) is 6.20 Å². The number of para-hydroxylation sites is 1. The number of halogens is 1. The van der Waals surface area contributed by atoms with Crippen molar-refractivity contribution in [3.8, 4) is 0 Å². The monoisotopic (exact) mass is 406 g/mol. The molecule has 0 unspecified atom stereocenters. The van der Waals surface area contributed by atoms with Crippen LogP contribution in [-0.2, 0) is 4.79 Å². The molecule has 2 heterocycles. The summed E-state index contributed by atoms with van der Waals surface area (Å²) in [5.74, 6) is -0.320. The summed E-state index contributed by atoms with van der Waals surface area (Å²) in [6.07, 6.45) is 1.39. The van der Waals surface area contributed by atoms with E-state index in [9.17, 15) is 14.4 Å². The zero-order valence-corrected chi connectivity index (χ0v) is 15.8. The average molecular weight is 407 g/mol. The summed E-state index contributed by atoms with van der Waals surface area (Å²) in [5, 5.41) is 3.38. The first-order chi connectivity index (χ1) is 14.0. The van der Waals surface area contributed by atoms with E-state index >= 15 is 0 Å². The molecule has 0 fully saturated rings. The van der Waals surface area contributed by atoms with Crippen molar-refractivity contribution in [2.24, 2.45) is 0 Å². The molecule has 2 aromatic carbocycles. The van der Waals surface area contributed by atoms with E-state index in [0.717, 1.165) is 4.57 Å². The Hall–Kier alpha value is -3.71. The Morgan fingerprint density at radius 2 is 1.72 bits per heavy atom. The first kappa shape index (κ1) is 18.6. The van der Waals surface area contributed by atoms with Gasteiger partial charge < -0.3 is 10.3 Å². The first-order valence-corrected chi connectivity index (χ1v) is 9.13. The van der Waals surface area contributed by atoms with E-state index in [0.29, 0.717) is 21.5 Å². The maximum atomic E-state index is 13.1. The number of H-pyrrole nitrogens is 1. The predicted octanol–water partition coefficient (Wildman–Crippen LogP) is 2.97. The molecule has 1 amide bonds. The molecule has 0 aliphatic carbocycles. The van der Waals surface area contributed by atoms with Gasteiger partial charge in [-0.25, -0.2) is 14.3 Å². The Bertz CT molecular complexity index is 1300. The van der Waals surface area contributed by atoms with Crippen LogP contribution >= 0.6 is 11.6 Å². The second-order valence-electron chi connectivity index (χ2n) is 6.32. The summed E-state index contributed by atoms with van der Waals surface area (Å²) >= 11 is 5.83. The number of nitrogens with one attached hydrogen (secondary N) is 2. The molecular weight excluding hydrogens is 392 g/mol. The van der Waals surface area contributed by atoms with Gasteiger partial charge in [0.15, 0.2) is 0 Å². The van der Waals surface area contributed by atoms with E-state index in [-0.39, 0.29) is 5.82 Å². The van der Waals surface area contributed by atoms with Gasteiger partial charge >= 0.3 is 5.69 Å². The molecule has 0 aliphatic heterocycles. The van der Waals surface area contributed by atoms with E-state index < -0.39 is 23.2 Å². The summed E-state index contributed by atoms with van der Waals surface area (Å²) in [7, 11) is 0. The number of hydrogen-bond donors (Lipinski definition) is 2. The fourth-order valence-corrected chi connectivity index (χ4v) is 3.22. The maximum Gasteiger partial charge on any atom is 0.329 e. The summed E-state index contributed by atoms with van der Waals surface area (Å²) in [4.78, 5) is 45.7. The molecule has 0 bridgehead atoms. The van der Waals surface area contributed by atoms with E-state index in [1.54, 1.807) is 60.7 Å². The molecule has 0 aliphatic rings. The molecule has 0 spiro atoms. The second-order valence-corrected chi connectivity index (χ2v) is 6.75. The minimum atomic E-state index is -1.19. The third-order valence-electron chi connectivity index (χ3n) is 4.44. The van der Waals surface area contributed by atoms with E-state index in [4.69, 9.17) is 11.6 Å². The largest absolute Gasteiger partial charge is 0.329 e. The SMILES string of the molecule is O=C(Nc1ccc(Cl)cn1)[C@H](c1ccccc1)n1c(=O)[nH]c2ccccc2c1=O. The molecule has 4 aromatic rings. The molecule has 0 saturated heterocycles. The summed E-state index contributed by atoms with van der Waals surface area (Å²) in [6.45, 7) is 0. The molecule has 1 atom stereocenters. The molecule has 8 heteroatoms. The van der Waals surface area contributed by atoms with Crippen LogP contribution in [0.4, 0.5) is 5.82 Å². The Labute approximate surface area is 169 Å². The standard InChI is InChI=1S/C21H15ClN4O3/c22-14-10-11-17(23-12-14)25-19(27)18(13-6-2-1-3-7-13)26-20(28)15-8-4-5-9-16(15)24-21(26)29/h1-12,18H,(H,24,29)(H,23,25,27)/t18-/m0/s1. The van der Waals surface area contributed by atoms with Crippen molar-refractivity contribution < 1.29 is 4.79 Å². The number of benzene rings is 2. The van der Waals surface area contributed by atoms with Crippen LogP contribution in [0.25, 0.3) is 10.9 Å². The Morgan fingerprint density at radius 1 is 1.00 bits per heavy atom. The Morgan fingerprint density at radius 3 is 2.45 bits per heavy atom. The molecule has 144 valence electrons. The van der Waals surface area contributed by atoms with Crippen LogP contribution in [0.3, 0.4) is 0 Å². The smallest absolute Gasteiger partial charge is 0.309 e. The molecule has 4 rings (SSSR count). The van der Waals surface area contributed by atoms with Gasteiger partial charge in [-0.3, -0.25) is 9.59 Å². The fraction of sp³-hybridized carbons (Fsp3) is 0.0476. The highest BCUT2D eigenvalue weighted by atomic mass is 35.5. The van der Waals surface area contributed by atoms with Crippen molar-refractivity contribution in [1.29, 1.82) is 0 Å². The minimum Gasteiger partial charge on any atom is -0.309 e. The van der Waals surface area contributed by atoms with Gasteiger partial charge in [-0.15, -0.1) is 0 Å². The van der Waals surface area contributed by atoms with Crippen molar-refractivity contribution in [2.45, 2.75) is 6.04 Å². The van der Waals surface area contributed by atoms with Crippen molar-refractivity contribution in [3.05, 3.63) is 104 Å². The van der Waals surface area contributed by atoms with Gasteiger partial charge in [-0.1, -0.05) is 54.1 Å². The number of hydrogen-bond acceptors (Lipinski definition) is 4. The lowest BCUT2D eigenvalue weighted by atomic mass is 10.1. The average Bonchev–Trinajstić information content (AvgIpc) is 2.73. The summed E-state index contributed by atoms with van der Waals surface area (Å²) in [6, 6.07) is 17.2. The zero-order chi connectivity index (χ0) is 20.4. The van der Waals surface area contributed by atoms with Gasteiger partial charge in [0.05, 0.1) is 15.9 Å². The normalized spacial score (nSPS) is 11.9. The molecule has 2 aromatic heterocycles. The summed E-state index contributed by atoms with van der Waals surface area (Å²) < 4.78 is 0.920. The summed E-state index contributed by atoms with van der Waals surface area (Å²) in [5.41, 5.74) is -0.341. The van der Waals surface area contributed by atoms with Gasteiger partial charge in [0.1, 0.15) is 11.9 Å². The Balaban J connectivity index is 1.87. The van der Waals surface area contributed by atoms with Crippen LogP contribution in [0.15, 0.2) is 82.5 Å². The number of rotatable bonds is 4. The number of anilines is 1. The highest BCUT2D eigenvalue weighted by Gasteiger charge is 2.27. The molecule has 2 N–H and O–H groups in total. The molecule has 0 saturated carbocycles.